The molecule has 0 spiro atoms. The van der Waals surface area contributed by atoms with Crippen LogP contribution in [0.3, 0.4) is 0 Å². The third-order valence-electron chi connectivity index (χ3n) is 3.36. The number of rotatable bonds is 6. The first-order valence-corrected chi connectivity index (χ1v) is 7.51. The Morgan fingerprint density at radius 1 is 1.42 bits per heavy atom. The molecular weight excluding hydrogens is 254 g/mol. The van der Waals surface area contributed by atoms with E-state index in [0.717, 1.165) is 13.1 Å². The Kier molecular flexibility index (Phi) is 4.93. The molecule has 1 N–H and O–H groups in total. The van der Waals surface area contributed by atoms with Gasteiger partial charge in [0, 0.05) is 42.1 Å². The van der Waals surface area contributed by atoms with Crippen LogP contribution in [0.2, 0.25) is 0 Å². The minimum Gasteiger partial charge on any atom is -0.367 e. The van der Waals surface area contributed by atoms with E-state index in [1.807, 2.05) is 12.4 Å². The summed E-state index contributed by atoms with van der Waals surface area (Å²) >= 11 is 1.80. The highest BCUT2D eigenvalue weighted by Gasteiger charge is 2.15. The quantitative estimate of drug-likeness (QED) is 0.875. The van der Waals surface area contributed by atoms with Crippen molar-refractivity contribution in [3.63, 3.8) is 0 Å². The Hall–Kier alpha value is -1.39. The van der Waals surface area contributed by atoms with E-state index in [0.29, 0.717) is 6.04 Å². The Labute approximate surface area is 119 Å². The molecule has 4 heteroatoms. The molecule has 2 rings (SSSR count). The zero-order valence-corrected chi connectivity index (χ0v) is 12.6. The predicted octanol–water partition coefficient (Wildman–Crippen LogP) is 3.45. The van der Waals surface area contributed by atoms with Gasteiger partial charge in [0.25, 0.3) is 0 Å². The molecule has 0 fully saturated rings. The topological polar surface area (TPSA) is 28.2 Å². The highest BCUT2D eigenvalue weighted by Crippen LogP contribution is 2.29. The molecule has 0 aromatic carbocycles. The normalized spacial score (nSPS) is 12.4. The molecule has 0 saturated heterocycles. The number of anilines is 1. The smallest absolute Gasteiger partial charge is 0.0603 e. The Bertz CT molecular complexity index is 496. The van der Waals surface area contributed by atoms with Gasteiger partial charge >= 0.3 is 0 Å². The molecule has 2 heterocycles. The maximum atomic E-state index is 4.24. The van der Waals surface area contributed by atoms with Crippen molar-refractivity contribution in [2.45, 2.75) is 26.4 Å². The largest absolute Gasteiger partial charge is 0.367 e. The Balaban J connectivity index is 2.20. The molecule has 0 bridgehead atoms. The van der Waals surface area contributed by atoms with Crippen LogP contribution in [0.5, 0.6) is 0 Å². The third-order valence-corrected chi connectivity index (χ3v) is 4.40. The summed E-state index contributed by atoms with van der Waals surface area (Å²) in [7, 11) is 2.15. The van der Waals surface area contributed by atoms with E-state index in [2.05, 4.69) is 59.7 Å². The first-order chi connectivity index (χ1) is 9.24. The van der Waals surface area contributed by atoms with Crippen molar-refractivity contribution < 1.29 is 0 Å². The first kappa shape index (κ1) is 14.0. The minimum atomic E-state index is 0.378. The van der Waals surface area contributed by atoms with Gasteiger partial charge in [0.05, 0.1) is 6.04 Å². The van der Waals surface area contributed by atoms with Gasteiger partial charge in [0.2, 0.25) is 0 Å². The summed E-state index contributed by atoms with van der Waals surface area (Å²) in [5.41, 5.74) is 2.49. The van der Waals surface area contributed by atoms with Crippen LogP contribution in [0.25, 0.3) is 0 Å². The summed E-state index contributed by atoms with van der Waals surface area (Å²) in [6.45, 7) is 6.19. The predicted molar refractivity (Wildman–Crippen MR) is 82.8 cm³/mol. The molecule has 1 unspecified atom stereocenters. The van der Waals surface area contributed by atoms with Gasteiger partial charge < -0.3 is 10.2 Å². The lowest BCUT2D eigenvalue weighted by molar-refractivity contribution is 0.706. The van der Waals surface area contributed by atoms with Crippen molar-refractivity contribution in [1.82, 2.24) is 10.3 Å². The minimum absolute atomic E-state index is 0.378. The third kappa shape index (κ3) is 3.33. The van der Waals surface area contributed by atoms with Crippen LogP contribution < -0.4 is 10.2 Å². The Morgan fingerprint density at radius 2 is 2.26 bits per heavy atom. The zero-order chi connectivity index (χ0) is 13.7. The highest BCUT2D eigenvalue weighted by atomic mass is 32.1. The lowest BCUT2D eigenvalue weighted by Gasteiger charge is -2.28. The molecule has 0 saturated carbocycles. The average Bonchev–Trinajstić information content (AvgIpc) is 2.98. The van der Waals surface area contributed by atoms with Gasteiger partial charge in [-0.05, 0) is 31.0 Å². The molecule has 0 aliphatic heterocycles. The fraction of sp³-hybridized carbons (Fsp3) is 0.400. The van der Waals surface area contributed by atoms with Crippen LogP contribution in [0.4, 0.5) is 5.69 Å². The fourth-order valence-corrected chi connectivity index (χ4v) is 2.91. The number of aromatic nitrogens is 1. The molecular formula is C15H21N3S. The van der Waals surface area contributed by atoms with Gasteiger partial charge in [-0.1, -0.05) is 13.0 Å². The molecule has 0 radical (unpaired) electrons. The first-order valence-electron chi connectivity index (χ1n) is 6.64. The van der Waals surface area contributed by atoms with Crippen LogP contribution in [-0.4, -0.2) is 18.6 Å². The molecule has 2 aromatic heterocycles. The van der Waals surface area contributed by atoms with E-state index in [9.17, 15) is 0 Å². The van der Waals surface area contributed by atoms with Gasteiger partial charge in [-0.25, -0.2) is 0 Å². The maximum Gasteiger partial charge on any atom is 0.0603 e. The molecule has 19 heavy (non-hydrogen) atoms. The van der Waals surface area contributed by atoms with Crippen molar-refractivity contribution >= 4 is 17.0 Å². The van der Waals surface area contributed by atoms with Crippen molar-refractivity contribution in [3.8, 4) is 0 Å². The van der Waals surface area contributed by atoms with Gasteiger partial charge in [-0.3, -0.25) is 4.98 Å². The van der Waals surface area contributed by atoms with Gasteiger partial charge in [-0.2, -0.15) is 0 Å². The maximum absolute atomic E-state index is 4.24. The second-order valence-corrected chi connectivity index (χ2v) is 5.57. The number of hydrogen-bond donors (Lipinski definition) is 1. The van der Waals surface area contributed by atoms with E-state index in [1.54, 1.807) is 11.3 Å². The number of nitrogens with one attached hydrogen (secondary N) is 1. The van der Waals surface area contributed by atoms with Crippen molar-refractivity contribution in [2.24, 2.45) is 0 Å². The number of pyridine rings is 1. The van der Waals surface area contributed by atoms with Crippen molar-refractivity contribution in [3.05, 3.63) is 46.4 Å². The van der Waals surface area contributed by atoms with E-state index in [-0.39, 0.29) is 0 Å². The second-order valence-electron chi connectivity index (χ2n) is 4.59. The van der Waals surface area contributed by atoms with Gasteiger partial charge in [-0.15, -0.1) is 11.3 Å². The van der Waals surface area contributed by atoms with Crippen LogP contribution in [0.1, 0.15) is 30.3 Å². The average molecular weight is 275 g/mol. The Morgan fingerprint density at radius 3 is 2.95 bits per heavy atom. The fourth-order valence-electron chi connectivity index (χ4n) is 2.09. The van der Waals surface area contributed by atoms with E-state index < -0.39 is 0 Å². The standard InChI is InChI=1S/C15H21N3S/c1-4-16-10-13-11-17-8-7-14(13)18(3)12(2)15-6-5-9-19-15/h5-9,11-12,16H,4,10H2,1-3H3. The number of hydrogen-bond acceptors (Lipinski definition) is 4. The summed E-state index contributed by atoms with van der Waals surface area (Å²) in [6.07, 6.45) is 3.82. The van der Waals surface area contributed by atoms with E-state index >= 15 is 0 Å². The van der Waals surface area contributed by atoms with E-state index in [1.165, 1.54) is 16.1 Å². The van der Waals surface area contributed by atoms with Crippen LogP contribution >= 0.6 is 11.3 Å². The summed E-state index contributed by atoms with van der Waals surface area (Å²) in [4.78, 5) is 7.94. The summed E-state index contributed by atoms with van der Waals surface area (Å²) in [6, 6.07) is 6.77. The van der Waals surface area contributed by atoms with E-state index in [4.69, 9.17) is 0 Å². The number of thiophene rings is 1. The SMILES string of the molecule is CCNCc1cnccc1N(C)C(C)c1cccs1. The molecule has 0 aliphatic carbocycles. The van der Waals surface area contributed by atoms with Gasteiger partial charge in [0.15, 0.2) is 0 Å². The molecule has 1 atom stereocenters. The highest BCUT2D eigenvalue weighted by molar-refractivity contribution is 7.10. The number of nitrogens with zero attached hydrogens (tertiary/aromatic N) is 2. The van der Waals surface area contributed by atoms with Crippen LogP contribution in [-0.2, 0) is 6.54 Å². The van der Waals surface area contributed by atoms with Crippen molar-refractivity contribution in [2.75, 3.05) is 18.5 Å². The molecule has 0 amide bonds. The lowest BCUT2D eigenvalue weighted by atomic mass is 10.1. The molecule has 102 valence electrons. The lowest BCUT2D eigenvalue weighted by Crippen LogP contribution is -2.23. The summed E-state index contributed by atoms with van der Waals surface area (Å²) < 4.78 is 0. The van der Waals surface area contributed by atoms with Gasteiger partial charge in [0.1, 0.15) is 0 Å². The monoisotopic (exact) mass is 275 g/mol. The summed E-state index contributed by atoms with van der Waals surface area (Å²) in [5, 5.41) is 5.50. The summed E-state index contributed by atoms with van der Waals surface area (Å²) in [5.74, 6) is 0. The zero-order valence-electron chi connectivity index (χ0n) is 11.8. The van der Waals surface area contributed by atoms with Crippen LogP contribution in [0, 0.1) is 0 Å². The second kappa shape index (κ2) is 6.68. The van der Waals surface area contributed by atoms with Crippen molar-refractivity contribution in [1.29, 1.82) is 0 Å². The molecule has 3 nitrogen and oxygen atoms in total. The molecule has 2 aromatic rings. The molecule has 0 aliphatic rings. The van der Waals surface area contributed by atoms with Crippen LogP contribution in [0.15, 0.2) is 36.0 Å².